The lowest BCUT2D eigenvalue weighted by Crippen LogP contribution is -2.30. The van der Waals surface area contributed by atoms with E-state index in [0.29, 0.717) is 51.9 Å². The summed E-state index contributed by atoms with van der Waals surface area (Å²) in [6.07, 6.45) is 2.17. The average molecular weight is 460 g/mol. The Morgan fingerprint density at radius 1 is 1.22 bits per heavy atom. The minimum Gasteiger partial charge on any atom is -0.493 e. The highest BCUT2D eigenvalue weighted by atomic mass is 35.5. The number of halogens is 1. The molecule has 0 amide bonds. The largest absolute Gasteiger partial charge is 0.493 e. The molecular formula is C23H26ClN3O5. The molecule has 9 heteroatoms. The second-order valence-corrected chi connectivity index (χ2v) is 8.06. The highest BCUT2D eigenvalue weighted by molar-refractivity contribution is 6.33. The fourth-order valence-electron chi connectivity index (χ4n) is 3.97. The molecule has 0 spiro atoms. The molecule has 8 nitrogen and oxygen atoms in total. The molecule has 0 unspecified atom stereocenters. The second kappa shape index (κ2) is 9.34. The third-order valence-corrected chi connectivity index (χ3v) is 5.87. The second-order valence-electron chi connectivity index (χ2n) is 7.66. The van der Waals surface area contributed by atoms with Crippen LogP contribution in [0.4, 0.5) is 5.82 Å². The molecule has 0 atom stereocenters. The van der Waals surface area contributed by atoms with Crippen molar-refractivity contribution in [3.8, 4) is 5.75 Å². The highest BCUT2D eigenvalue weighted by Crippen LogP contribution is 2.35. The van der Waals surface area contributed by atoms with Crippen LogP contribution in [-0.4, -0.2) is 55.5 Å². The number of rotatable bonds is 9. The molecule has 0 radical (unpaired) electrons. The first-order valence-corrected chi connectivity index (χ1v) is 11.0. The summed E-state index contributed by atoms with van der Waals surface area (Å²) < 4.78 is 17.6. The standard InChI is InChI=1S/C23H26ClN3O5/c1-4-32-19(28)13-27-20-15(7-9-17(24)22(20)31-3)21(29)16-8-10-18(25-23(16)27)26(11-12-30-2)14-5-6-14/h7-10,14H,4-6,11-13H2,1-3H3. The normalized spacial score (nSPS) is 13.5. The van der Waals surface area contributed by atoms with Crippen molar-refractivity contribution in [2.45, 2.75) is 32.4 Å². The molecule has 1 aliphatic rings. The van der Waals surface area contributed by atoms with Gasteiger partial charge in [-0.25, -0.2) is 4.98 Å². The number of carbonyl (C=O) groups excluding carboxylic acids is 1. The van der Waals surface area contributed by atoms with Crippen LogP contribution in [0.25, 0.3) is 21.9 Å². The van der Waals surface area contributed by atoms with Crippen molar-refractivity contribution in [1.82, 2.24) is 9.55 Å². The molecule has 1 fully saturated rings. The first-order valence-electron chi connectivity index (χ1n) is 10.6. The summed E-state index contributed by atoms with van der Waals surface area (Å²) in [4.78, 5) is 32.9. The Balaban J connectivity index is 2.00. The third-order valence-electron chi connectivity index (χ3n) is 5.57. The fourth-order valence-corrected chi connectivity index (χ4v) is 4.20. The molecule has 0 aliphatic heterocycles. The highest BCUT2D eigenvalue weighted by Gasteiger charge is 2.30. The first-order chi connectivity index (χ1) is 15.5. The molecule has 0 bridgehead atoms. The van der Waals surface area contributed by atoms with Gasteiger partial charge in [0, 0.05) is 19.7 Å². The number of pyridine rings is 2. The van der Waals surface area contributed by atoms with Gasteiger partial charge in [0.1, 0.15) is 18.0 Å². The van der Waals surface area contributed by atoms with Crippen molar-refractivity contribution in [1.29, 1.82) is 0 Å². The van der Waals surface area contributed by atoms with Gasteiger partial charge in [0.05, 0.1) is 41.6 Å². The number of benzene rings is 1. The molecule has 0 saturated heterocycles. The Kier molecular flexibility index (Phi) is 6.53. The quantitative estimate of drug-likeness (QED) is 0.358. The lowest BCUT2D eigenvalue weighted by Gasteiger charge is -2.24. The number of methoxy groups -OCH3 is 2. The molecule has 0 N–H and O–H groups in total. The first kappa shape index (κ1) is 22.4. The maximum Gasteiger partial charge on any atom is 0.326 e. The van der Waals surface area contributed by atoms with Gasteiger partial charge in [-0.3, -0.25) is 9.59 Å². The molecule has 2 aromatic heterocycles. The monoisotopic (exact) mass is 459 g/mol. The summed E-state index contributed by atoms with van der Waals surface area (Å²) >= 11 is 6.37. The summed E-state index contributed by atoms with van der Waals surface area (Å²) in [5.74, 6) is 0.610. The van der Waals surface area contributed by atoms with E-state index >= 15 is 0 Å². The number of fused-ring (bicyclic) bond motifs is 2. The summed E-state index contributed by atoms with van der Waals surface area (Å²) in [6, 6.07) is 7.28. The van der Waals surface area contributed by atoms with Crippen LogP contribution < -0.4 is 15.1 Å². The van der Waals surface area contributed by atoms with Gasteiger partial charge in [0.25, 0.3) is 0 Å². The molecule has 3 aromatic rings. The van der Waals surface area contributed by atoms with Crippen LogP contribution in [0.2, 0.25) is 5.02 Å². The van der Waals surface area contributed by atoms with Crippen molar-refractivity contribution >= 4 is 45.3 Å². The van der Waals surface area contributed by atoms with Crippen LogP contribution in [0.3, 0.4) is 0 Å². The summed E-state index contributed by atoms with van der Waals surface area (Å²) in [5.41, 5.74) is 0.612. The number of hydrogen-bond donors (Lipinski definition) is 0. The topological polar surface area (TPSA) is 82.9 Å². The van der Waals surface area contributed by atoms with Crippen molar-refractivity contribution < 1.29 is 19.0 Å². The predicted molar refractivity (Wildman–Crippen MR) is 124 cm³/mol. The van der Waals surface area contributed by atoms with Crippen LogP contribution in [0.1, 0.15) is 19.8 Å². The molecule has 4 rings (SSSR count). The number of nitrogens with zero attached hydrogens (tertiary/aromatic N) is 3. The van der Waals surface area contributed by atoms with E-state index in [-0.39, 0.29) is 18.6 Å². The van der Waals surface area contributed by atoms with Gasteiger partial charge < -0.3 is 23.7 Å². The van der Waals surface area contributed by atoms with Crippen molar-refractivity contribution in [3.05, 3.63) is 39.5 Å². The van der Waals surface area contributed by atoms with E-state index in [1.165, 1.54) is 7.11 Å². The number of anilines is 1. The van der Waals surface area contributed by atoms with Crippen molar-refractivity contribution in [2.24, 2.45) is 0 Å². The molecule has 32 heavy (non-hydrogen) atoms. The van der Waals surface area contributed by atoms with E-state index in [0.717, 1.165) is 18.7 Å². The maximum atomic E-state index is 13.3. The van der Waals surface area contributed by atoms with E-state index in [1.807, 2.05) is 6.07 Å². The Bertz CT molecular complexity index is 1220. The molecule has 2 heterocycles. The Morgan fingerprint density at radius 2 is 1.97 bits per heavy atom. The van der Waals surface area contributed by atoms with E-state index in [1.54, 1.807) is 36.8 Å². The lowest BCUT2D eigenvalue weighted by atomic mass is 10.1. The molecule has 170 valence electrons. The van der Waals surface area contributed by atoms with Gasteiger partial charge in [0.15, 0.2) is 11.2 Å². The van der Waals surface area contributed by atoms with E-state index < -0.39 is 5.97 Å². The Morgan fingerprint density at radius 3 is 2.62 bits per heavy atom. The van der Waals surface area contributed by atoms with Gasteiger partial charge in [-0.2, -0.15) is 0 Å². The van der Waals surface area contributed by atoms with Crippen LogP contribution >= 0.6 is 11.6 Å². The average Bonchev–Trinajstić information content (AvgIpc) is 3.62. The minimum absolute atomic E-state index is 0.129. The third kappa shape index (κ3) is 4.12. The van der Waals surface area contributed by atoms with Gasteiger partial charge in [0.2, 0.25) is 0 Å². The Labute approximate surface area is 190 Å². The lowest BCUT2D eigenvalue weighted by molar-refractivity contribution is -0.143. The van der Waals surface area contributed by atoms with Crippen molar-refractivity contribution in [2.75, 3.05) is 38.9 Å². The summed E-state index contributed by atoms with van der Waals surface area (Å²) in [5, 5.41) is 1.15. The number of esters is 1. The number of ether oxygens (including phenoxy) is 3. The predicted octanol–water partition coefficient (Wildman–Crippen LogP) is 3.39. The summed E-state index contributed by atoms with van der Waals surface area (Å²) in [7, 11) is 3.14. The van der Waals surface area contributed by atoms with Gasteiger partial charge >= 0.3 is 5.97 Å². The molecule has 1 aliphatic carbocycles. The number of hydrogen-bond acceptors (Lipinski definition) is 7. The van der Waals surface area contributed by atoms with Gasteiger partial charge in [-0.1, -0.05) is 11.6 Å². The summed E-state index contributed by atoms with van der Waals surface area (Å²) in [6.45, 7) is 3.11. The van der Waals surface area contributed by atoms with Crippen LogP contribution in [0.5, 0.6) is 5.75 Å². The zero-order chi connectivity index (χ0) is 22.8. The maximum absolute atomic E-state index is 13.3. The zero-order valence-electron chi connectivity index (χ0n) is 18.4. The van der Waals surface area contributed by atoms with Crippen molar-refractivity contribution in [3.63, 3.8) is 0 Å². The van der Waals surface area contributed by atoms with Crippen LogP contribution in [0, 0.1) is 0 Å². The van der Waals surface area contributed by atoms with E-state index in [4.69, 9.17) is 30.8 Å². The van der Waals surface area contributed by atoms with Gasteiger partial charge in [-0.15, -0.1) is 0 Å². The van der Waals surface area contributed by atoms with E-state index in [9.17, 15) is 9.59 Å². The number of carbonyl (C=O) groups is 1. The molecule has 1 aromatic carbocycles. The SMILES string of the molecule is CCOC(=O)Cn1c2nc(N(CCOC)C3CC3)ccc2c(=O)c2ccc(Cl)c(OC)c21. The molecular weight excluding hydrogens is 434 g/mol. The van der Waals surface area contributed by atoms with Crippen LogP contribution in [0.15, 0.2) is 29.1 Å². The fraction of sp³-hybridized carbons (Fsp3) is 0.435. The van der Waals surface area contributed by atoms with Crippen LogP contribution in [-0.2, 0) is 20.8 Å². The van der Waals surface area contributed by atoms with E-state index in [2.05, 4.69) is 4.90 Å². The minimum atomic E-state index is -0.439. The smallest absolute Gasteiger partial charge is 0.326 e. The van der Waals surface area contributed by atoms with Gasteiger partial charge in [-0.05, 0) is 44.0 Å². The number of aromatic nitrogens is 2. The zero-order valence-corrected chi connectivity index (χ0v) is 19.1. The Hall–Kier alpha value is -2.84. The molecule has 1 saturated carbocycles.